The Balaban J connectivity index is 1.42. The predicted molar refractivity (Wildman–Crippen MR) is 122 cm³/mol. The molecular formula is C25H26N2O5. The maximum absolute atomic E-state index is 12.6. The molecule has 0 saturated heterocycles. The third-order valence-electron chi connectivity index (χ3n) is 4.53. The van der Waals surface area contributed by atoms with E-state index in [4.69, 9.17) is 14.2 Å². The third-order valence-corrected chi connectivity index (χ3v) is 4.53. The van der Waals surface area contributed by atoms with Crippen LogP contribution in [-0.4, -0.2) is 45.2 Å². The second-order valence-electron chi connectivity index (χ2n) is 6.75. The van der Waals surface area contributed by atoms with Crippen molar-refractivity contribution in [3.05, 3.63) is 90.0 Å². The number of methoxy groups -OCH3 is 1. The van der Waals surface area contributed by atoms with Crippen LogP contribution in [0.2, 0.25) is 0 Å². The Kier molecular flexibility index (Phi) is 8.50. The smallest absolute Gasteiger partial charge is 0.255 e. The molecular weight excluding hydrogens is 408 g/mol. The quantitative estimate of drug-likeness (QED) is 0.452. The fourth-order valence-electron chi connectivity index (χ4n) is 2.90. The van der Waals surface area contributed by atoms with Gasteiger partial charge in [0.2, 0.25) is 0 Å². The molecule has 0 aliphatic carbocycles. The number of hydrogen-bond donors (Lipinski definition) is 2. The molecule has 2 N–H and O–H groups in total. The van der Waals surface area contributed by atoms with Gasteiger partial charge in [0.15, 0.2) is 0 Å². The van der Waals surface area contributed by atoms with Crippen LogP contribution in [0.4, 0.5) is 0 Å². The average molecular weight is 434 g/mol. The largest absolute Gasteiger partial charge is 0.497 e. The Hall–Kier alpha value is -4.00. The Labute approximate surface area is 187 Å². The minimum Gasteiger partial charge on any atom is -0.497 e. The van der Waals surface area contributed by atoms with Crippen LogP contribution in [0.1, 0.15) is 20.7 Å². The summed E-state index contributed by atoms with van der Waals surface area (Å²) >= 11 is 0. The first-order valence-electron chi connectivity index (χ1n) is 10.3. The highest BCUT2D eigenvalue weighted by Crippen LogP contribution is 2.18. The second kappa shape index (κ2) is 12.0. The van der Waals surface area contributed by atoms with Crippen LogP contribution in [0.25, 0.3) is 0 Å². The Morgan fingerprint density at radius 3 is 2.03 bits per heavy atom. The molecule has 3 rings (SSSR count). The van der Waals surface area contributed by atoms with Crippen LogP contribution in [0.5, 0.6) is 17.2 Å². The first-order chi connectivity index (χ1) is 15.7. The van der Waals surface area contributed by atoms with Crippen LogP contribution < -0.4 is 24.8 Å². The first kappa shape index (κ1) is 22.7. The molecule has 0 radical (unpaired) electrons. The van der Waals surface area contributed by atoms with Gasteiger partial charge in [-0.15, -0.1) is 0 Å². The van der Waals surface area contributed by atoms with E-state index in [1.54, 1.807) is 55.6 Å². The number of nitrogens with one attached hydrogen (secondary N) is 2. The van der Waals surface area contributed by atoms with Crippen molar-refractivity contribution in [2.24, 2.45) is 0 Å². The van der Waals surface area contributed by atoms with Crippen LogP contribution in [0, 0.1) is 0 Å². The molecule has 7 nitrogen and oxygen atoms in total. The lowest BCUT2D eigenvalue weighted by Crippen LogP contribution is -2.34. The summed E-state index contributed by atoms with van der Waals surface area (Å²) in [5, 5.41) is 5.57. The van der Waals surface area contributed by atoms with E-state index in [1.807, 2.05) is 30.3 Å². The Bertz CT molecular complexity index is 1010. The van der Waals surface area contributed by atoms with Gasteiger partial charge >= 0.3 is 0 Å². The number of hydrogen-bond acceptors (Lipinski definition) is 5. The lowest BCUT2D eigenvalue weighted by Gasteiger charge is -2.12. The van der Waals surface area contributed by atoms with Crippen LogP contribution in [-0.2, 0) is 0 Å². The third kappa shape index (κ3) is 6.77. The average Bonchev–Trinajstić information content (AvgIpc) is 2.85. The standard InChI is InChI=1S/C25H26N2O5/c1-30-20-13-11-19(12-14-20)24(28)26-15-16-27-25(29)22-9-5-6-10-23(22)32-18-17-31-21-7-3-2-4-8-21/h2-14H,15-18H2,1H3,(H,26,28)(H,27,29). The second-order valence-corrected chi connectivity index (χ2v) is 6.75. The lowest BCUT2D eigenvalue weighted by molar-refractivity contribution is 0.0924. The van der Waals surface area contributed by atoms with Crippen molar-refractivity contribution >= 4 is 11.8 Å². The summed E-state index contributed by atoms with van der Waals surface area (Å²) < 4.78 is 16.4. The van der Waals surface area contributed by atoms with Gasteiger partial charge in [-0.05, 0) is 48.5 Å². The molecule has 0 heterocycles. The SMILES string of the molecule is COc1ccc(C(=O)NCCNC(=O)c2ccccc2OCCOc2ccccc2)cc1. The molecule has 0 aliphatic heterocycles. The van der Waals surface area contributed by atoms with Crippen molar-refractivity contribution in [1.29, 1.82) is 0 Å². The van der Waals surface area contributed by atoms with E-state index >= 15 is 0 Å². The number of para-hydroxylation sites is 2. The van der Waals surface area contributed by atoms with E-state index in [1.165, 1.54) is 0 Å². The van der Waals surface area contributed by atoms with Gasteiger partial charge in [0, 0.05) is 18.7 Å². The fourth-order valence-corrected chi connectivity index (χ4v) is 2.90. The number of amides is 2. The Morgan fingerprint density at radius 2 is 1.31 bits per heavy atom. The predicted octanol–water partition coefficient (Wildman–Crippen LogP) is 3.31. The minimum absolute atomic E-state index is 0.218. The molecule has 0 aliphatic rings. The maximum atomic E-state index is 12.6. The summed E-state index contributed by atoms with van der Waals surface area (Å²) in [6, 6.07) is 23.3. The number of benzene rings is 3. The molecule has 3 aromatic rings. The summed E-state index contributed by atoms with van der Waals surface area (Å²) in [5.41, 5.74) is 0.947. The van der Waals surface area contributed by atoms with E-state index in [2.05, 4.69) is 10.6 Å². The molecule has 7 heteroatoms. The molecule has 166 valence electrons. The lowest BCUT2D eigenvalue weighted by atomic mass is 10.2. The normalized spacial score (nSPS) is 10.2. The molecule has 0 bridgehead atoms. The number of ether oxygens (including phenoxy) is 3. The van der Waals surface area contributed by atoms with Crippen molar-refractivity contribution in [3.63, 3.8) is 0 Å². The molecule has 0 saturated carbocycles. The summed E-state index contributed by atoms with van der Waals surface area (Å²) in [6.45, 7) is 1.24. The summed E-state index contributed by atoms with van der Waals surface area (Å²) in [7, 11) is 1.57. The molecule has 0 fully saturated rings. The molecule has 0 aromatic heterocycles. The monoisotopic (exact) mass is 434 g/mol. The first-order valence-corrected chi connectivity index (χ1v) is 10.3. The van der Waals surface area contributed by atoms with Crippen molar-refractivity contribution < 1.29 is 23.8 Å². The van der Waals surface area contributed by atoms with Crippen molar-refractivity contribution in [3.8, 4) is 17.2 Å². The van der Waals surface area contributed by atoms with Gasteiger partial charge in [0.1, 0.15) is 30.5 Å². The van der Waals surface area contributed by atoms with E-state index in [-0.39, 0.29) is 18.4 Å². The van der Waals surface area contributed by atoms with Crippen LogP contribution in [0.3, 0.4) is 0 Å². The van der Waals surface area contributed by atoms with E-state index in [0.29, 0.717) is 42.4 Å². The highest BCUT2D eigenvalue weighted by atomic mass is 16.5. The number of rotatable bonds is 11. The van der Waals surface area contributed by atoms with Crippen LogP contribution in [0.15, 0.2) is 78.9 Å². The van der Waals surface area contributed by atoms with Gasteiger partial charge in [-0.2, -0.15) is 0 Å². The highest BCUT2D eigenvalue weighted by Gasteiger charge is 2.12. The molecule has 0 atom stereocenters. The van der Waals surface area contributed by atoms with Crippen molar-refractivity contribution in [1.82, 2.24) is 10.6 Å². The van der Waals surface area contributed by atoms with Gasteiger partial charge < -0.3 is 24.8 Å². The van der Waals surface area contributed by atoms with Gasteiger partial charge in [-0.25, -0.2) is 0 Å². The zero-order chi connectivity index (χ0) is 22.6. The number of carbonyl (C=O) groups is 2. The molecule has 0 unspecified atom stereocenters. The zero-order valence-electron chi connectivity index (χ0n) is 17.9. The number of carbonyl (C=O) groups excluding carboxylic acids is 2. The van der Waals surface area contributed by atoms with Crippen molar-refractivity contribution in [2.75, 3.05) is 33.4 Å². The minimum atomic E-state index is -0.275. The van der Waals surface area contributed by atoms with Gasteiger partial charge in [0.25, 0.3) is 11.8 Å². The van der Waals surface area contributed by atoms with Gasteiger partial charge in [0.05, 0.1) is 12.7 Å². The van der Waals surface area contributed by atoms with E-state index in [9.17, 15) is 9.59 Å². The van der Waals surface area contributed by atoms with E-state index in [0.717, 1.165) is 5.75 Å². The fraction of sp³-hybridized carbons (Fsp3) is 0.200. The van der Waals surface area contributed by atoms with Gasteiger partial charge in [-0.1, -0.05) is 30.3 Å². The highest BCUT2D eigenvalue weighted by molar-refractivity contribution is 5.97. The zero-order valence-corrected chi connectivity index (χ0v) is 17.9. The molecule has 3 aromatic carbocycles. The summed E-state index contributed by atoms with van der Waals surface area (Å²) in [4.78, 5) is 24.7. The Morgan fingerprint density at radius 1 is 0.688 bits per heavy atom. The summed E-state index contributed by atoms with van der Waals surface area (Å²) in [6.07, 6.45) is 0. The van der Waals surface area contributed by atoms with Gasteiger partial charge in [-0.3, -0.25) is 9.59 Å². The summed E-state index contributed by atoms with van der Waals surface area (Å²) in [5.74, 6) is 1.43. The van der Waals surface area contributed by atoms with E-state index < -0.39 is 0 Å². The molecule has 32 heavy (non-hydrogen) atoms. The molecule has 0 spiro atoms. The topological polar surface area (TPSA) is 85.9 Å². The van der Waals surface area contributed by atoms with Crippen LogP contribution >= 0.6 is 0 Å². The molecule has 2 amide bonds. The maximum Gasteiger partial charge on any atom is 0.255 e. The van der Waals surface area contributed by atoms with Crippen molar-refractivity contribution in [2.45, 2.75) is 0 Å².